The molecule has 0 atom stereocenters. The molecule has 1 aliphatic rings. The summed E-state index contributed by atoms with van der Waals surface area (Å²) < 4.78 is 0. The van der Waals surface area contributed by atoms with E-state index in [9.17, 15) is 0 Å². The average Bonchev–Trinajstić information content (AvgIpc) is 2.81. The Balaban J connectivity index is 2.04. The van der Waals surface area contributed by atoms with Crippen molar-refractivity contribution in [2.75, 3.05) is 4.90 Å². The summed E-state index contributed by atoms with van der Waals surface area (Å²) in [6, 6.07) is 14.4. The number of hydrogen-bond donors (Lipinski definition) is 2. The van der Waals surface area contributed by atoms with Crippen LogP contribution in [0.2, 0.25) is 0 Å². The lowest BCUT2D eigenvalue weighted by Gasteiger charge is -2.23. The summed E-state index contributed by atoms with van der Waals surface area (Å²) in [5.74, 6) is 0.134. The van der Waals surface area contributed by atoms with Crippen LogP contribution in [0.15, 0.2) is 42.5 Å². The van der Waals surface area contributed by atoms with Gasteiger partial charge in [-0.2, -0.15) is 0 Å². The zero-order valence-corrected chi connectivity index (χ0v) is 11.0. The fourth-order valence-corrected chi connectivity index (χ4v) is 2.79. The standard InChI is InChI=1S/C16H17N3/c1-11-5-4-8-14(16(17)18)15(11)19-9-12-6-2-3-7-13(12)10-19/h2-8H,9-10H2,1H3,(H3,17,18). The highest BCUT2D eigenvalue weighted by Crippen LogP contribution is 2.32. The van der Waals surface area contributed by atoms with Gasteiger partial charge in [-0.3, -0.25) is 5.41 Å². The first-order chi connectivity index (χ1) is 9.16. The first-order valence-electron chi connectivity index (χ1n) is 6.42. The Morgan fingerprint density at radius 3 is 2.26 bits per heavy atom. The fraction of sp³-hybridized carbons (Fsp3) is 0.188. The second-order valence-corrected chi connectivity index (χ2v) is 5.01. The van der Waals surface area contributed by atoms with E-state index in [1.54, 1.807) is 0 Å². The molecular weight excluding hydrogens is 234 g/mol. The van der Waals surface area contributed by atoms with Gasteiger partial charge in [0.1, 0.15) is 5.84 Å². The van der Waals surface area contributed by atoms with Crippen LogP contribution in [0.1, 0.15) is 22.3 Å². The molecular formula is C16H17N3. The van der Waals surface area contributed by atoms with Crippen LogP contribution in [0, 0.1) is 12.3 Å². The Hall–Kier alpha value is -2.29. The number of fused-ring (bicyclic) bond motifs is 1. The Morgan fingerprint density at radius 1 is 1.05 bits per heavy atom. The van der Waals surface area contributed by atoms with Crippen molar-refractivity contribution < 1.29 is 0 Å². The molecule has 0 radical (unpaired) electrons. The van der Waals surface area contributed by atoms with Crippen molar-refractivity contribution in [2.45, 2.75) is 20.0 Å². The van der Waals surface area contributed by atoms with E-state index in [-0.39, 0.29) is 5.84 Å². The highest BCUT2D eigenvalue weighted by molar-refractivity contribution is 6.01. The molecule has 2 aromatic carbocycles. The van der Waals surface area contributed by atoms with Crippen molar-refractivity contribution in [3.63, 3.8) is 0 Å². The van der Waals surface area contributed by atoms with Gasteiger partial charge in [0.15, 0.2) is 0 Å². The van der Waals surface area contributed by atoms with Crippen LogP contribution in [-0.2, 0) is 13.1 Å². The summed E-state index contributed by atoms with van der Waals surface area (Å²) >= 11 is 0. The summed E-state index contributed by atoms with van der Waals surface area (Å²) in [6.45, 7) is 3.85. The molecule has 3 heteroatoms. The highest BCUT2D eigenvalue weighted by Gasteiger charge is 2.22. The van der Waals surface area contributed by atoms with Gasteiger partial charge in [-0.25, -0.2) is 0 Å². The molecule has 0 aliphatic carbocycles. The largest absolute Gasteiger partial charge is 0.384 e. The lowest BCUT2D eigenvalue weighted by Crippen LogP contribution is -2.22. The van der Waals surface area contributed by atoms with Gasteiger partial charge in [-0.1, -0.05) is 36.4 Å². The number of aryl methyl sites for hydroxylation is 1. The molecule has 0 saturated heterocycles. The van der Waals surface area contributed by atoms with Gasteiger partial charge in [0, 0.05) is 18.7 Å². The fourth-order valence-electron chi connectivity index (χ4n) is 2.79. The molecule has 0 aromatic heterocycles. The van der Waals surface area contributed by atoms with E-state index in [4.69, 9.17) is 11.1 Å². The van der Waals surface area contributed by atoms with E-state index in [0.29, 0.717) is 0 Å². The molecule has 0 unspecified atom stereocenters. The molecule has 0 fully saturated rings. The van der Waals surface area contributed by atoms with Crippen molar-refractivity contribution in [3.05, 3.63) is 64.7 Å². The molecule has 0 spiro atoms. The van der Waals surface area contributed by atoms with Crippen molar-refractivity contribution in [3.8, 4) is 0 Å². The van der Waals surface area contributed by atoms with Crippen molar-refractivity contribution in [2.24, 2.45) is 5.73 Å². The smallest absolute Gasteiger partial charge is 0.124 e. The average molecular weight is 251 g/mol. The number of nitrogens with two attached hydrogens (primary N) is 1. The van der Waals surface area contributed by atoms with Gasteiger partial charge in [-0.05, 0) is 29.7 Å². The van der Waals surface area contributed by atoms with Crippen LogP contribution >= 0.6 is 0 Å². The van der Waals surface area contributed by atoms with Crippen molar-refractivity contribution in [1.29, 1.82) is 5.41 Å². The zero-order chi connectivity index (χ0) is 13.4. The summed E-state index contributed by atoms with van der Waals surface area (Å²) in [5, 5.41) is 7.75. The maximum atomic E-state index is 7.75. The van der Waals surface area contributed by atoms with Crippen LogP contribution in [0.3, 0.4) is 0 Å². The topological polar surface area (TPSA) is 53.1 Å². The lowest BCUT2D eigenvalue weighted by molar-refractivity contribution is 0.873. The normalized spacial score (nSPS) is 13.4. The van der Waals surface area contributed by atoms with E-state index in [2.05, 4.69) is 42.2 Å². The van der Waals surface area contributed by atoms with Crippen LogP contribution in [0.4, 0.5) is 5.69 Å². The van der Waals surface area contributed by atoms with E-state index in [1.807, 2.05) is 12.1 Å². The Labute approximate surface area is 113 Å². The zero-order valence-electron chi connectivity index (χ0n) is 11.0. The van der Waals surface area contributed by atoms with E-state index in [1.165, 1.54) is 16.7 Å². The number of rotatable bonds is 2. The number of anilines is 1. The number of nitrogens with one attached hydrogen (secondary N) is 1. The highest BCUT2D eigenvalue weighted by atomic mass is 15.2. The first-order valence-corrected chi connectivity index (χ1v) is 6.42. The molecule has 1 aliphatic heterocycles. The monoisotopic (exact) mass is 251 g/mol. The molecule has 96 valence electrons. The second-order valence-electron chi connectivity index (χ2n) is 5.01. The molecule has 2 aromatic rings. The molecule has 19 heavy (non-hydrogen) atoms. The van der Waals surface area contributed by atoms with E-state index < -0.39 is 0 Å². The molecule has 0 bridgehead atoms. The first kappa shape index (κ1) is 11.8. The predicted octanol–water partition coefficient (Wildman–Crippen LogP) is 2.80. The van der Waals surface area contributed by atoms with Crippen LogP contribution in [0.25, 0.3) is 0 Å². The summed E-state index contributed by atoms with van der Waals surface area (Å²) in [5.41, 5.74) is 11.5. The van der Waals surface area contributed by atoms with E-state index >= 15 is 0 Å². The van der Waals surface area contributed by atoms with Crippen LogP contribution in [0.5, 0.6) is 0 Å². The molecule has 0 saturated carbocycles. The minimum absolute atomic E-state index is 0.134. The number of nitrogens with zero attached hydrogens (tertiary/aromatic N) is 1. The van der Waals surface area contributed by atoms with Gasteiger partial charge < -0.3 is 10.6 Å². The third kappa shape index (κ3) is 1.97. The predicted molar refractivity (Wildman–Crippen MR) is 78.5 cm³/mol. The third-order valence-electron chi connectivity index (χ3n) is 3.68. The number of para-hydroxylation sites is 1. The van der Waals surface area contributed by atoms with Gasteiger partial charge in [0.05, 0.1) is 5.69 Å². The second kappa shape index (κ2) is 4.43. The maximum absolute atomic E-state index is 7.75. The minimum Gasteiger partial charge on any atom is -0.384 e. The van der Waals surface area contributed by atoms with Gasteiger partial charge in [0.25, 0.3) is 0 Å². The molecule has 3 nitrogen and oxygen atoms in total. The quantitative estimate of drug-likeness (QED) is 0.637. The summed E-state index contributed by atoms with van der Waals surface area (Å²) in [4.78, 5) is 2.30. The maximum Gasteiger partial charge on any atom is 0.124 e. The summed E-state index contributed by atoms with van der Waals surface area (Å²) in [7, 11) is 0. The SMILES string of the molecule is Cc1cccc(C(=N)N)c1N1Cc2ccccc2C1. The van der Waals surface area contributed by atoms with Crippen molar-refractivity contribution >= 4 is 11.5 Å². The van der Waals surface area contributed by atoms with Gasteiger partial charge in [-0.15, -0.1) is 0 Å². The third-order valence-corrected chi connectivity index (χ3v) is 3.68. The summed E-state index contributed by atoms with van der Waals surface area (Å²) in [6.07, 6.45) is 0. The van der Waals surface area contributed by atoms with Crippen LogP contribution < -0.4 is 10.6 Å². The number of hydrogen-bond acceptors (Lipinski definition) is 2. The number of benzene rings is 2. The van der Waals surface area contributed by atoms with E-state index in [0.717, 1.165) is 24.3 Å². The molecule has 3 rings (SSSR count). The lowest BCUT2D eigenvalue weighted by atomic mass is 10.1. The Morgan fingerprint density at radius 2 is 1.68 bits per heavy atom. The molecule has 1 heterocycles. The Kier molecular flexibility index (Phi) is 2.75. The van der Waals surface area contributed by atoms with Gasteiger partial charge in [0.2, 0.25) is 0 Å². The minimum atomic E-state index is 0.134. The molecule has 0 amide bonds. The molecule has 3 N–H and O–H groups in total. The van der Waals surface area contributed by atoms with Gasteiger partial charge >= 0.3 is 0 Å². The van der Waals surface area contributed by atoms with Crippen LogP contribution in [-0.4, -0.2) is 5.84 Å². The van der Waals surface area contributed by atoms with Crippen molar-refractivity contribution in [1.82, 2.24) is 0 Å². The number of amidine groups is 1. The Bertz CT molecular complexity index is 621. The number of nitrogen functional groups attached to an aromatic ring is 1.